The van der Waals surface area contributed by atoms with Crippen LogP contribution in [-0.2, 0) is 10.0 Å². The number of sulfonamides is 1. The van der Waals surface area contributed by atoms with Gasteiger partial charge in [0, 0.05) is 13.1 Å². The predicted molar refractivity (Wildman–Crippen MR) is 67.6 cm³/mol. The van der Waals surface area contributed by atoms with Crippen molar-refractivity contribution in [3.05, 3.63) is 17.5 Å². The summed E-state index contributed by atoms with van der Waals surface area (Å²) in [5.41, 5.74) is 0. The molecule has 8 heteroatoms. The third kappa shape index (κ3) is 5.29. The van der Waals surface area contributed by atoms with Crippen molar-refractivity contribution in [1.82, 2.24) is 14.7 Å². The largest absolute Gasteiger partial charge is 0.369 e. The predicted octanol–water partition coefficient (Wildman–Crippen LogP) is 0.871. The highest BCUT2D eigenvalue weighted by Gasteiger charge is 2.04. The molecular formula is C9H15ClN4O2S. The Hall–Kier alpha value is -0.920. The van der Waals surface area contributed by atoms with Crippen LogP contribution in [0.2, 0.25) is 5.02 Å². The van der Waals surface area contributed by atoms with Gasteiger partial charge in [0.2, 0.25) is 10.0 Å². The molecule has 0 unspecified atom stereocenters. The van der Waals surface area contributed by atoms with Gasteiger partial charge in [-0.2, -0.15) is 0 Å². The zero-order valence-electron chi connectivity index (χ0n) is 9.48. The molecule has 0 saturated carbocycles. The average molecular weight is 279 g/mol. The number of anilines is 1. The van der Waals surface area contributed by atoms with Crippen molar-refractivity contribution < 1.29 is 8.42 Å². The van der Waals surface area contributed by atoms with Crippen LogP contribution in [0.1, 0.15) is 13.3 Å². The molecule has 0 bridgehead atoms. The molecule has 0 aliphatic carbocycles. The Morgan fingerprint density at radius 2 is 2.18 bits per heavy atom. The molecule has 0 fully saturated rings. The van der Waals surface area contributed by atoms with Crippen molar-refractivity contribution in [2.75, 3.05) is 24.2 Å². The number of hydrogen-bond acceptors (Lipinski definition) is 5. The minimum absolute atomic E-state index is 0.0954. The van der Waals surface area contributed by atoms with E-state index in [9.17, 15) is 8.42 Å². The molecule has 1 rings (SSSR count). The lowest BCUT2D eigenvalue weighted by Crippen LogP contribution is -2.27. The molecule has 1 aromatic rings. The van der Waals surface area contributed by atoms with Crippen molar-refractivity contribution in [3.8, 4) is 0 Å². The minimum Gasteiger partial charge on any atom is -0.369 e. The average Bonchev–Trinajstić information content (AvgIpc) is 2.31. The smallest absolute Gasteiger partial charge is 0.211 e. The van der Waals surface area contributed by atoms with Crippen LogP contribution in [0, 0.1) is 0 Å². The molecule has 0 radical (unpaired) electrons. The summed E-state index contributed by atoms with van der Waals surface area (Å²) < 4.78 is 24.7. The number of aromatic nitrogens is 2. The van der Waals surface area contributed by atoms with Crippen LogP contribution in [0.15, 0.2) is 12.5 Å². The number of nitrogens with zero attached hydrogens (tertiary/aromatic N) is 2. The van der Waals surface area contributed by atoms with Crippen molar-refractivity contribution in [1.29, 1.82) is 0 Å². The summed E-state index contributed by atoms with van der Waals surface area (Å²) in [5, 5.41) is 3.45. The molecule has 0 saturated heterocycles. The quantitative estimate of drug-likeness (QED) is 0.723. The standard InChI is InChI=1S/C9H15ClN4O2S/c1-2-17(15,16)14-5-3-4-12-9-8(10)6-11-7-13-9/h6-7,14H,2-5H2,1H3,(H,11,12,13). The van der Waals surface area contributed by atoms with E-state index in [0.29, 0.717) is 30.4 Å². The summed E-state index contributed by atoms with van der Waals surface area (Å²) in [6.45, 7) is 2.58. The molecule has 0 amide bonds. The van der Waals surface area contributed by atoms with Gasteiger partial charge in [0.25, 0.3) is 0 Å². The van der Waals surface area contributed by atoms with E-state index < -0.39 is 10.0 Å². The maximum absolute atomic E-state index is 11.1. The second-order valence-corrected chi connectivity index (χ2v) is 5.80. The molecule has 1 heterocycles. The lowest BCUT2D eigenvalue weighted by Gasteiger charge is -2.07. The molecule has 0 spiro atoms. The number of rotatable bonds is 7. The van der Waals surface area contributed by atoms with E-state index in [1.165, 1.54) is 12.5 Å². The van der Waals surface area contributed by atoms with Gasteiger partial charge in [-0.25, -0.2) is 23.1 Å². The number of hydrogen-bond donors (Lipinski definition) is 2. The molecular weight excluding hydrogens is 264 g/mol. The number of nitrogens with one attached hydrogen (secondary N) is 2. The van der Waals surface area contributed by atoms with Crippen molar-refractivity contribution in [2.24, 2.45) is 0 Å². The van der Waals surface area contributed by atoms with Crippen LogP contribution in [0.3, 0.4) is 0 Å². The van der Waals surface area contributed by atoms with E-state index in [1.807, 2.05) is 0 Å². The lowest BCUT2D eigenvalue weighted by atomic mass is 10.4. The van der Waals surface area contributed by atoms with Gasteiger partial charge in [-0.15, -0.1) is 0 Å². The van der Waals surface area contributed by atoms with Crippen LogP contribution < -0.4 is 10.0 Å². The van der Waals surface area contributed by atoms with Gasteiger partial charge in [-0.3, -0.25) is 0 Å². The molecule has 6 nitrogen and oxygen atoms in total. The monoisotopic (exact) mass is 278 g/mol. The highest BCUT2D eigenvalue weighted by molar-refractivity contribution is 7.89. The van der Waals surface area contributed by atoms with Gasteiger partial charge in [0.05, 0.1) is 11.9 Å². The molecule has 0 aliphatic rings. The zero-order chi connectivity index (χ0) is 12.7. The Kier molecular flexibility index (Phi) is 5.60. The SMILES string of the molecule is CCS(=O)(=O)NCCCNc1ncncc1Cl. The Labute approximate surface area is 106 Å². The molecule has 2 N–H and O–H groups in total. The highest BCUT2D eigenvalue weighted by atomic mass is 35.5. The summed E-state index contributed by atoms with van der Waals surface area (Å²) >= 11 is 5.83. The fourth-order valence-electron chi connectivity index (χ4n) is 1.07. The minimum atomic E-state index is -3.10. The first-order chi connectivity index (χ1) is 8.05. The first-order valence-electron chi connectivity index (χ1n) is 5.22. The molecule has 96 valence electrons. The van der Waals surface area contributed by atoms with Gasteiger partial charge in [0.1, 0.15) is 17.2 Å². The first-order valence-corrected chi connectivity index (χ1v) is 7.25. The maximum atomic E-state index is 11.1. The van der Waals surface area contributed by atoms with Crippen LogP contribution in [-0.4, -0.2) is 37.2 Å². The summed E-state index contributed by atoms with van der Waals surface area (Å²) in [4.78, 5) is 7.71. The summed E-state index contributed by atoms with van der Waals surface area (Å²) in [6.07, 6.45) is 3.55. The van der Waals surface area contributed by atoms with E-state index in [0.717, 1.165) is 0 Å². The summed E-state index contributed by atoms with van der Waals surface area (Å²) in [6, 6.07) is 0. The Morgan fingerprint density at radius 1 is 1.41 bits per heavy atom. The van der Waals surface area contributed by atoms with Gasteiger partial charge < -0.3 is 5.32 Å². The van der Waals surface area contributed by atoms with E-state index in [2.05, 4.69) is 20.0 Å². The van der Waals surface area contributed by atoms with Crippen LogP contribution in [0.5, 0.6) is 0 Å². The Morgan fingerprint density at radius 3 is 2.82 bits per heavy atom. The van der Waals surface area contributed by atoms with Gasteiger partial charge in [-0.05, 0) is 13.3 Å². The van der Waals surface area contributed by atoms with E-state index in [1.54, 1.807) is 6.92 Å². The second-order valence-electron chi connectivity index (χ2n) is 3.30. The fourth-order valence-corrected chi connectivity index (χ4v) is 1.90. The molecule has 0 aliphatic heterocycles. The molecule has 1 aromatic heterocycles. The Balaban J connectivity index is 2.24. The fraction of sp³-hybridized carbons (Fsp3) is 0.556. The van der Waals surface area contributed by atoms with E-state index >= 15 is 0 Å². The third-order valence-electron chi connectivity index (χ3n) is 2.02. The zero-order valence-corrected chi connectivity index (χ0v) is 11.1. The molecule has 17 heavy (non-hydrogen) atoms. The van der Waals surface area contributed by atoms with Gasteiger partial charge >= 0.3 is 0 Å². The van der Waals surface area contributed by atoms with Crippen molar-refractivity contribution >= 4 is 27.4 Å². The Bertz CT molecular complexity index is 452. The molecule has 0 atom stereocenters. The van der Waals surface area contributed by atoms with Crippen molar-refractivity contribution in [2.45, 2.75) is 13.3 Å². The molecule has 0 aromatic carbocycles. The van der Waals surface area contributed by atoms with Gasteiger partial charge in [0.15, 0.2) is 0 Å². The topological polar surface area (TPSA) is 84.0 Å². The first kappa shape index (κ1) is 14.1. The lowest BCUT2D eigenvalue weighted by molar-refractivity contribution is 0.581. The van der Waals surface area contributed by atoms with Crippen LogP contribution in [0.4, 0.5) is 5.82 Å². The summed E-state index contributed by atoms with van der Waals surface area (Å²) in [5.74, 6) is 0.651. The van der Waals surface area contributed by atoms with E-state index in [-0.39, 0.29) is 5.75 Å². The van der Waals surface area contributed by atoms with Gasteiger partial charge in [-0.1, -0.05) is 11.6 Å². The third-order valence-corrected chi connectivity index (χ3v) is 3.70. The van der Waals surface area contributed by atoms with E-state index in [4.69, 9.17) is 11.6 Å². The normalized spacial score (nSPS) is 11.4. The van der Waals surface area contributed by atoms with Crippen molar-refractivity contribution in [3.63, 3.8) is 0 Å². The second kappa shape index (κ2) is 6.73. The summed E-state index contributed by atoms with van der Waals surface area (Å²) in [7, 11) is -3.10. The highest BCUT2D eigenvalue weighted by Crippen LogP contribution is 2.15. The number of halogens is 1. The van der Waals surface area contributed by atoms with Crippen LogP contribution >= 0.6 is 11.6 Å². The maximum Gasteiger partial charge on any atom is 0.211 e. The van der Waals surface area contributed by atoms with Crippen LogP contribution in [0.25, 0.3) is 0 Å².